The topological polar surface area (TPSA) is 52.6 Å². The van der Waals surface area contributed by atoms with Crippen molar-refractivity contribution in [2.24, 2.45) is 5.92 Å². The molecule has 2 amide bonds. The molecule has 4 nitrogen and oxygen atoms in total. The van der Waals surface area contributed by atoms with Crippen LogP contribution >= 0.6 is 15.9 Å². The zero-order valence-corrected chi connectivity index (χ0v) is 12.6. The number of benzene rings is 1. The summed E-state index contributed by atoms with van der Waals surface area (Å²) in [5.41, 5.74) is 1.06. The molecule has 2 N–H and O–H groups in total. The third-order valence-corrected chi connectivity index (χ3v) is 4.27. The summed E-state index contributed by atoms with van der Waals surface area (Å²) < 4.78 is 0.998. The molecule has 0 aromatic heterocycles. The zero-order chi connectivity index (χ0) is 13.8. The maximum absolute atomic E-state index is 12.1. The second-order valence-electron chi connectivity index (χ2n) is 4.98. The van der Waals surface area contributed by atoms with E-state index in [0.717, 1.165) is 23.0 Å². The third-order valence-electron chi connectivity index (χ3n) is 3.54. The Morgan fingerprint density at radius 2 is 2.32 bits per heavy atom. The number of nitrogens with one attached hydrogen (secondary N) is 1. The first-order valence-corrected chi connectivity index (χ1v) is 7.32. The van der Waals surface area contributed by atoms with Crippen molar-refractivity contribution in [2.75, 3.05) is 19.7 Å². The SMILES string of the molecule is CC(NC(=O)N1CCC(CO)C1)c1ccccc1Br. The first-order chi connectivity index (χ1) is 9.11. The van der Waals surface area contributed by atoms with E-state index in [9.17, 15) is 4.79 Å². The Labute approximate surface area is 121 Å². The van der Waals surface area contributed by atoms with E-state index in [2.05, 4.69) is 21.2 Å². The van der Waals surface area contributed by atoms with Crippen molar-refractivity contribution < 1.29 is 9.90 Å². The smallest absolute Gasteiger partial charge is 0.317 e. The predicted octanol–water partition coefficient (Wildman–Crippen LogP) is 2.53. The van der Waals surface area contributed by atoms with Crippen LogP contribution in [0.1, 0.15) is 24.9 Å². The molecular weight excluding hydrogens is 308 g/mol. The normalized spacial score (nSPS) is 20.4. The van der Waals surface area contributed by atoms with E-state index in [1.165, 1.54) is 0 Å². The van der Waals surface area contributed by atoms with Crippen LogP contribution in [0.4, 0.5) is 4.79 Å². The van der Waals surface area contributed by atoms with Gasteiger partial charge in [-0.25, -0.2) is 4.79 Å². The van der Waals surface area contributed by atoms with Gasteiger partial charge in [-0.3, -0.25) is 0 Å². The van der Waals surface area contributed by atoms with Crippen molar-refractivity contribution in [3.05, 3.63) is 34.3 Å². The minimum absolute atomic E-state index is 0.0451. The van der Waals surface area contributed by atoms with Crippen molar-refractivity contribution in [3.63, 3.8) is 0 Å². The molecule has 1 fully saturated rings. The molecule has 2 atom stereocenters. The van der Waals surface area contributed by atoms with Gasteiger partial charge in [0.2, 0.25) is 0 Å². The molecule has 0 aliphatic carbocycles. The van der Waals surface area contributed by atoms with Crippen LogP contribution in [0, 0.1) is 5.92 Å². The van der Waals surface area contributed by atoms with E-state index in [1.54, 1.807) is 4.90 Å². The standard InChI is InChI=1S/C14H19BrN2O2/c1-10(12-4-2-3-5-13(12)15)16-14(19)17-7-6-11(8-17)9-18/h2-5,10-11,18H,6-9H2,1H3,(H,16,19). The lowest BCUT2D eigenvalue weighted by Gasteiger charge is -2.21. The maximum atomic E-state index is 12.1. The molecule has 1 aliphatic heterocycles. The van der Waals surface area contributed by atoms with Crippen LogP contribution < -0.4 is 5.32 Å². The molecule has 5 heteroatoms. The Hall–Kier alpha value is -1.07. The fourth-order valence-corrected chi connectivity index (χ4v) is 2.97. The minimum atomic E-state index is -0.0563. The lowest BCUT2D eigenvalue weighted by atomic mass is 10.1. The number of nitrogens with zero attached hydrogens (tertiary/aromatic N) is 1. The molecule has 104 valence electrons. The van der Waals surface area contributed by atoms with Crippen LogP contribution in [-0.2, 0) is 0 Å². The third kappa shape index (κ3) is 3.48. The molecule has 1 aliphatic rings. The van der Waals surface area contributed by atoms with Crippen LogP contribution in [0.5, 0.6) is 0 Å². The van der Waals surface area contributed by atoms with Gasteiger partial charge in [0.15, 0.2) is 0 Å². The van der Waals surface area contributed by atoms with Gasteiger partial charge in [0.05, 0.1) is 6.04 Å². The van der Waals surface area contributed by atoms with Gasteiger partial charge in [0, 0.05) is 30.1 Å². The van der Waals surface area contributed by atoms with Gasteiger partial charge in [-0.05, 0) is 25.0 Å². The van der Waals surface area contributed by atoms with Crippen LogP contribution in [0.15, 0.2) is 28.7 Å². The Balaban J connectivity index is 1.94. The number of aliphatic hydroxyl groups is 1. The fraction of sp³-hybridized carbons (Fsp3) is 0.500. The van der Waals surface area contributed by atoms with Gasteiger partial charge in [0.1, 0.15) is 0 Å². The summed E-state index contributed by atoms with van der Waals surface area (Å²) in [6.07, 6.45) is 0.882. The molecule has 1 aromatic rings. The van der Waals surface area contributed by atoms with Crippen molar-refractivity contribution in [2.45, 2.75) is 19.4 Å². The number of rotatable bonds is 3. The van der Waals surface area contributed by atoms with Crippen molar-refractivity contribution >= 4 is 22.0 Å². The second kappa shape index (κ2) is 6.39. The minimum Gasteiger partial charge on any atom is -0.396 e. The van der Waals surface area contributed by atoms with Gasteiger partial charge in [-0.15, -0.1) is 0 Å². The van der Waals surface area contributed by atoms with Gasteiger partial charge in [-0.2, -0.15) is 0 Å². The van der Waals surface area contributed by atoms with Gasteiger partial charge < -0.3 is 15.3 Å². The first kappa shape index (κ1) is 14.3. The van der Waals surface area contributed by atoms with Crippen molar-refractivity contribution in [1.29, 1.82) is 0 Å². The highest BCUT2D eigenvalue weighted by atomic mass is 79.9. The molecule has 2 unspecified atom stereocenters. The summed E-state index contributed by atoms with van der Waals surface area (Å²) in [5.74, 6) is 0.226. The highest BCUT2D eigenvalue weighted by molar-refractivity contribution is 9.10. The van der Waals surface area contributed by atoms with Crippen LogP contribution in [0.3, 0.4) is 0 Å². The predicted molar refractivity (Wildman–Crippen MR) is 77.9 cm³/mol. The monoisotopic (exact) mass is 326 g/mol. The van der Waals surface area contributed by atoms with E-state index in [0.29, 0.717) is 6.54 Å². The number of hydrogen-bond acceptors (Lipinski definition) is 2. The molecule has 1 heterocycles. The van der Waals surface area contributed by atoms with E-state index in [1.807, 2.05) is 31.2 Å². The lowest BCUT2D eigenvalue weighted by molar-refractivity contribution is 0.195. The summed E-state index contributed by atoms with van der Waals surface area (Å²) in [6.45, 7) is 3.49. The molecule has 1 saturated heterocycles. The maximum Gasteiger partial charge on any atom is 0.317 e. The summed E-state index contributed by atoms with van der Waals surface area (Å²) in [6, 6.07) is 7.77. The molecule has 0 spiro atoms. The van der Waals surface area contributed by atoms with E-state index < -0.39 is 0 Å². The van der Waals surface area contributed by atoms with E-state index in [-0.39, 0.29) is 24.6 Å². The number of halogens is 1. The average Bonchev–Trinajstić information content (AvgIpc) is 2.88. The molecule has 0 bridgehead atoms. The number of carbonyl (C=O) groups excluding carboxylic acids is 1. The Kier molecular flexibility index (Phi) is 4.82. The summed E-state index contributed by atoms with van der Waals surface area (Å²) in [5, 5.41) is 12.1. The second-order valence-corrected chi connectivity index (χ2v) is 5.83. The van der Waals surface area contributed by atoms with E-state index >= 15 is 0 Å². The van der Waals surface area contributed by atoms with Gasteiger partial charge in [0.25, 0.3) is 0 Å². The average molecular weight is 327 g/mol. The van der Waals surface area contributed by atoms with Crippen molar-refractivity contribution in [3.8, 4) is 0 Å². The summed E-state index contributed by atoms with van der Waals surface area (Å²) >= 11 is 3.49. The first-order valence-electron chi connectivity index (χ1n) is 6.52. The number of urea groups is 1. The fourth-order valence-electron chi connectivity index (χ4n) is 2.35. The van der Waals surface area contributed by atoms with Gasteiger partial charge in [-0.1, -0.05) is 34.1 Å². The largest absolute Gasteiger partial charge is 0.396 e. The molecule has 0 radical (unpaired) electrons. The number of amides is 2. The van der Waals surface area contributed by atoms with Gasteiger partial charge >= 0.3 is 6.03 Å². The number of likely N-dealkylation sites (tertiary alicyclic amines) is 1. The van der Waals surface area contributed by atoms with E-state index in [4.69, 9.17) is 5.11 Å². The number of hydrogen-bond donors (Lipinski definition) is 2. The molecule has 19 heavy (non-hydrogen) atoms. The highest BCUT2D eigenvalue weighted by Gasteiger charge is 2.26. The van der Waals surface area contributed by atoms with Crippen LogP contribution in [-0.4, -0.2) is 35.7 Å². The van der Waals surface area contributed by atoms with Crippen LogP contribution in [0.25, 0.3) is 0 Å². The quantitative estimate of drug-likeness (QED) is 0.896. The molecule has 2 rings (SSSR count). The summed E-state index contributed by atoms with van der Waals surface area (Å²) in [4.78, 5) is 13.9. The molecule has 1 aromatic carbocycles. The molecule has 0 saturated carbocycles. The number of aliphatic hydroxyl groups excluding tert-OH is 1. The Morgan fingerprint density at radius 3 is 2.95 bits per heavy atom. The van der Waals surface area contributed by atoms with Crippen molar-refractivity contribution in [1.82, 2.24) is 10.2 Å². The highest BCUT2D eigenvalue weighted by Crippen LogP contribution is 2.23. The zero-order valence-electron chi connectivity index (χ0n) is 11.0. The summed E-state index contributed by atoms with van der Waals surface area (Å²) in [7, 11) is 0. The Morgan fingerprint density at radius 1 is 1.58 bits per heavy atom. The molecular formula is C14H19BrN2O2. The lowest BCUT2D eigenvalue weighted by Crippen LogP contribution is -2.39. The Bertz CT molecular complexity index is 453. The van der Waals surface area contributed by atoms with Crippen LogP contribution in [0.2, 0.25) is 0 Å². The number of carbonyl (C=O) groups is 1.